The number of nitrogens with two attached hydrogens (primary N) is 1. The number of rotatable bonds is 4. The summed E-state index contributed by atoms with van der Waals surface area (Å²) >= 11 is 11.2. The van der Waals surface area contributed by atoms with Gasteiger partial charge < -0.3 is 10.6 Å². The van der Waals surface area contributed by atoms with E-state index in [-0.39, 0.29) is 0 Å². The molecule has 0 radical (unpaired) electrons. The standard InChI is InChI=1S/C12H17Cl2FN2O/c13-12(14)17-18-11(7-4-5-8(15)6-7)9-2-1-3-10(9)16/h8,12,17H,1-6,16H2/b11-7+. The van der Waals surface area contributed by atoms with Crippen LogP contribution in [0.5, 0.6) is 0 Å². The molecule has 0 amide bonds. The molecule has 1 atom stereocenters. The molecule has 0 aromatic heterocycles. The predicted molar refractivity (Wildman–Crippen MR) is 70.6 cm³/mol. The summed E-state index contributed by atoms with van der Waals surface area (Å²) in [5, 5.41) is 0. The fourth-order valence-corrected chi connectivity index (χ4v) is 2.57. The molecule has 0 aromatic carbocycles. The van der Waals surface area contributed by atoms with Crippen LogP contribution in [0.1, 0.15) is 38.5 Å². The average molecular weight is 295 g/mol. The van der Waals surface area contributed by atoms with Crippen molar-refractivity contribution in [1.82, 2.24) is 5.48 Å². The van der Waals surface area contributed by atoms with Crippen LogP contribution >= 0.6 is 23.2 Å². The number of alkyl halides is 3. The second-order valence-corrected chi connectivity index (χ2v) is 5.75. The maximum atomic E-state index is 13.3. The van der Waals surface area contributed by atoms with E-state index in [1.807, 2.05) is 0 Å². The lowest BCUT2D eigenvalue weighted by Crippen LogP contribution is -2.20. The molecule has 0 aliphatic heterocycles. The minimum Gasteiger partial charge on any atom is -0.406 e. The van der Waals surface area contributed by atoms with Crippen LogP contribution in [-0.2, 0) is 4.84 Å². The maximum Gasteiger partial charge on any atom is 0.189 e. The second-order valence-electron chi connectivity index (χ2n) is 4.65. The summed E-state index contributed by atoms with van der Waals surface area (Å²) in [5.41, 5.74) is 11.2. The number of hydrogen-bond donors (Lipinski definition) is 2. The minimum absolute atomic E-state index is 0.406. The van der Waals surface area contributed by atoms with Crippen molar-refractivity contribution in [3.63, 3.8) is 0 Å². The van der Waals surface area contributed by atoms with Gasteiger partial charge in [-0.05, 0) is 37.7 Å². The molecule has 1 fully saturated rings. The van der Waals surface area contributed by atoms with E-state index in [9.17, 15) is 4.39 Å². The molecule has 3 N–H and O–H groups in total. The highest BCUT2D eigenvalue weighted by Crippen LogP contribution is 2.37. The zero-order valence-corrected chi connectivity index (χ0v) is 11.5. The largest absolute Gasteiger partial charge is 0.406 e. The first-order valence-electron chi connectivity index (χ1n) is 6.12. The Balaban J connectivity index is 2.20. The SMILES string of the molecule is NC1=C(/C(ONC(Cl)Cl)=C2/CCC(F)C2)CCC1. The first-order valence-corrected chi connectivity index (χ1v) is 6.99. The Hall–Kier alpha value is -0.450. The van der Waals surface area contributed by atoms with Gasteiger partial charge in [-0.3, -0.25) is 0 Å². The topological polar surface area (TPSA) is 47.3 Å². The van der Waals surface area contributed by atoms with E-state index in [0.717, 1.165) is 36.1 Å². The molecule has 3 nitrogen and oxygen atoms in total. The minimum atomic E-state index is -0.827. The molecule has 2 aliphatic carbocycles. The van der Waals surface area contributed by atoms with Crippen LogP contribution in [0.4, 0.5) is 4.39 Å². The van der Waals surface area contributed by atoms with E-state index in [1.54, 1.807) is 0 Å². The summed E-state index contributed by atoms with van der Waals surface area (Å²) in [6.45, 7) is 0. The van der Waals surface area contributed by atoms with Gasteiger partial charge >= 0.3 is 0 Å². The first-order chi connectivity index (χ1) is 8.58. The molecule has 0 saturated heterocycles. The molecular formula is C12H17Cl2FN2O. The third kappa shape index (κ3) is 3.31. The normalized spacial score (nSPS) is 27.2. The fourth-order valence-electron chi connectivity index (χ4n) is 2.49. The Morgan fingerprint density at radius 3 is 2.67 bits per heavy atom. The first kappa shape index (κ1) is 14.0. The van der Waals surface area contributed by atoms with E-state index in [1.165, 1.54) is 0 Å². The zero-order chi connectivity index (χ0) is 13.1. The van der Waals surface area contributed by atoms with Gasteiger partial charge in [-0.15, -0.1) is 5.48 Å². The van der Waals surface area contributed by atoms with Crippen LogP contribution < -0.4 is 11.2 Å². The molecule has 0 spiro atoms. The molecule has 2 rings (SSSR count). The molecule has 0 aromatic rings. The summed E-state index contributed by atoms with van der Waals surface area (Å²) < 4.78 is 13.3. The van der Waals surface area contributed by atoms with Crippen LogP contribution in [0, 0.1) is 0 Å². The number of allylic oxidation sites excluding steroid dienone is 3. The lowest BCUT2D eigenvalue weighted by molar-refractivity contribution is 0.114. The van der Waals surface area contributed by atoms with Crippen LogP contribution in [0.25, 0.3) is 0 Å². The highest BCUT2D eigenvalue weighted by molar-refractivity contribution is 6.43. The monoisotopic (exact) mass is 294 g/mol. The third-order valence-corrected chi connectivity index (χ3v) is 3.51. The van der Waals surface area contributed by atoms with Crippen LogP contribution in [0.2, 0.25) is 0 Å². The molecule has 1 saturated carbocycles. The number of nitrogens with one attached hydrogen (secondary N) is 1. The summed E-state index contributed by atoms with van der Waals surface area (Å²) in [6, 6.07) is 0. The lowest BCUT2D eigenvalue weighted by Gasteiger charge is -2.16. The molecule has 0 heterocycles. The summed E-state index contributed by atoms with van der Waals surface area (Å²) in [7, 11) is 0. The smallest absolute Gasteiger partial charge is 0.189 e. The molecule has 2 aliphatic rings. The second kappa shape index (κ2) is 6.13. The van der Waals surface area contributed by atoms with Crippen molar-refractivity contribution in [3.8, 4) is 0 Å². The van der Waals surface area contributed by atoms with Gasteiger partial charge in [0.25, 0.3) is 0 Å². The van der Waals surface area contributed by atoms with Crippen molar-refractivity contribution in [2.24, 2.45) is 5.73 Å². The molecule has 1 unspecified atom stereocenters. The summed E-state index contributed by atoms with van der Waals surface area (Å²) in [4.78, 5) is 4.62. The molecule has 18 heavy (non-hydrogen) atoms. The van der Waals surface area contributed by atoms with E-state index >= 15 is 0 Å². The Labute approximate surface area is 116 Å². The van der Waals surface area contributed by atoms with Gasteiger partial charge in [-0.2, -0.15) is 0 Å². The predicted octanol–water partition coefficient (Wildman–Crippen LogP) is 3.44. The van der Waals surface area contributed by atoms with E-state index in [2.05, 4.69) is 5.48 Å². The average Bonchev–Trinajstić information content (AvgIpc) is 2.89. The molecule has 6 heteroatoms. The maximum absolute atomic E-state index is 13.3. The molecule has 0 bridgehead atoms. The number of halogens is 3. The fraction of sp³-hybridized carbons (Fsp3) is 0.667. The van der Waals surface area contributed by atoms with Gasteiger partial charge in [0.05, 0.1) is 0 Å². The van der Waals surface area contributed by atoms with Gasteiger partial charge in [-0.25, -0.2) is 4.39 Å². The van der Waals surface area contributed by atoms with Gasteiger partial charge in [0.1, 0.15) is 6.17 Å². The van der Waals surface area contributed by atoms with Crippen molar-refractivity contribution in [2.75, 3.05) is 0 Å². The lowest BCUT2D eigenvalue weighted by atomic mass is 10.1. The molecular weight excluding hydrogens is 278 g/mol. The number of hydrogen-bond acceptors (Lipinski definition) is 3. The summed E-state index contributed by atoms with van der Waals surface area (Å²) in [6.07, 6.45) is 3.59. The van der Waals surface area contributed by atoms with Crippen molar-refractivity contribution in [2.45, 2.75) is 49.7 Å². The van der Waals surface area contributed by atoms with Gasteiger partial charge in [0.15, 0.2) is 10.7 Å². The van der Waals surface area contributed by atoms with Crippen molar-refractivity contribution in [1.29, 1.82) is 0 Å². The van der Waals surface area contributed by atoms with E-state index < -0.39 is 11.1 Å². The van der Waals surface area contributed by atoms with Crippen LogP contribution in [0.15, 0.2) is 22.6 Å². The van der Waals surface area contributed by atoms with Gasteiger partial charge in [-0.1, -0.05) is 23.2 Å². The van der Waals surface area contributed by atoms with Gasteiger partial charge in [0.2, 0.25) is 0 Å². The highest BCUT2D eigenvalue weighted by Gasteiger charge is 2.27. The van der Waals surface area contributed by atoms with Crippen molar-refractivity contribution < 1.29 is 9.23 Å². The van der Waals surface area contributed by atoms with Crippen molar-refractivity contribution >= 4 is 23.2 Å². The van der Waals surface area contributed by atoms with Crippen LogP contribution in [-0.4, -0.2) is 11.1 Å². The van der Waals surface area contributed by atoms with E-state index in [4.69, 9.17) is 33.8 Å². The Kier molecular flexibility index (Phi) is 4.76. The highest BCUT2D eigenvalue weighted by atomic mass is 35.5. The molecule has 102 valence electrons. The van der Waals surface area contributed by atoms with E-state index in [0.29, 0.717) is 25.0 Å². The van der Waals surface area contributed by atoms with Crippen molar-refractivity contribution in [3.05, 3.63) is 22.6 Å². The quantitative estimate of drug-likeness (QED) is 0.361. The number of hydroxylamine groups is 1. The Bertz CT molecular complexity index is 382. The summed E-state index contributed by atoms with van der Waals surface area (Å²) in [5.74, 6) is 0.649. The third-order valence-electron chi connectivity index (χ3n) is 3.33. The Morgan fingerprint density at radius 1 is 1.39 bits per heavy atom. The van der Waals surface area contributed by atoms with Crippen LogP contribution in [0.3, 0.4) is 0 Å². The van der Waals surface area contributed by atoms with Gasteiger partial charge in [0, 0.05) is 17.7 Å². The Morgan fingerprint density at radius 2 is 2.17 bits per heavy atom. The zero-order valence-electron chi connectivity index (χ0n) is 10.0.